The van der Waals surface area contributed by atoms with E-state index in [1.54, 1.807) is 0 Å². The average Bonchev–Trinajstić information content (AvgIpc) is 3.35. The summed E-state index contributed by atoms with van der Waals surface area (Å²) in [6, 6.07) is 85.7. The first-order chi connectivity index (χ1) is 30.7. The topological polar surface area (TPSA) is 0 Å². The van der Waals surface area contributed by atoms with Gasteiger partial charge in [-0.05, 0) is 155 Å². The summed E-state index contributed by atoms with van der Waals surface area (Å²) < 4.78 is 0. The lowest BCUT2D eigenvalue weighted by atomic mass is 9.84. The molecule has 0 radical (unpaired) electrons. The van der Waals surface area contributed by atoms with E-state index in [0.29, 0.717) is 0 Å². The van der Waals surface area contributed by atoms with Crippen LogP contribution < -0.4 is 0 Å². The Labute approximate surface area is 359 Å². The van der Waals surface area contributed by atoms with Gasteiger partial charge in [0.2, 0.25) is 0 Å². The Bertz CT molecular complexity index is 3870. The Hall–Kier alpha value is -8.06. The third-order valence-corrected chi connectivity index (χ3v) is 13.4. The highest BCUT2D eigenvalue weighted by Crippen LogP contribution is 2.46. The van der Waals surface area contributed by atoms with Crippen molar-refractivity contribution in [2.24, 2.45) is 0 Å². The van der Waals surface area contributed by atoms with Crippen molar-refractivity contribution in [2.45, 2.75) is 0 Å². The molecule has 62 heavy (non-hydrogen) atoms. The van der Waals surface area contributed by atoms with Crippen LogP contribution in [0.15, 0.2) is 231 Å². The molecule has 0 saturated heterocycles. The van der Waals surface area contributed by atoms with E-state index >= 15 is 0 Å². The molecular weight excluding hydrogens is 745 g/mol. The van der Waals surface area contributed by atoms with Gasteiger partial charge in [0.25, 0.3) is 0 Å². The summed E-state index contributed by atoms with van der Waals surface area (Å²) in [5, 5.41) is 20.4. The van der Waals surface area contributed by atoms with Gasteiger partial charge in [-0.3, -0.25) is 0 Å². The highest BCUT2D eigenvalue weighted by atomic mass is 14.2. The average molecular weight is 783 g/mol. The van der Waals surface area contributed by atoms with E-state index in [0.717, 1.165) is 0 Å². The van der Waals surface area contributed by atoms with Gasteiger partial charge in [-0.1, -0.05) is 206 Å². The maximum atomic E-state index is 2.44. The van der Waals surface area contributed by atoms with Gasteiger partial charge in [0.15, 0.2) is 0 Å². The summed E-state index contributed by atoms with van der Waals surface area (Å²) in [6.45, 7) is 0. The van der Waals surface area contributed by atoms with Gasteiger partial charge in [0.1, 0.15) is 0 Å². The molecule has 0 aliphatic heterocycles. The molecule has 0 aliphatic rings. The quantitative estimate of drug-likeness (QED) is 0.123. The Morgan fingerprint density at radius 2 is 0.532 bits per heavy atom. The van der Waals surface area contributed by atoms with E-state index in [1.807, 2.05) is 0 Å². The second-order valence-corrected chi connectivity index (χ2v) is 16.7. The minimum absolute atomic E-state index is 1.21. The first-order valence-corrected chi connectivity index (χ1v) is 21.6. The second-order valence-electron chi connectivity index (χ2n) is 16.7. The van der Waals surface area contributed by atoms with E-state index < -0.39 is 0 Å². The molecular formula is C62H38. The fourth-order valence-electron chi connectivity index (χ4n) is 10.5. The normalized spacial score (nSPS) is 11.9. The number of fused-ring (bicyclic) bond motifs is 12. The highest BCUT2D eigenvalue weighted by molar-refractivity contribution is 6.27. The van der Waals surface area contributed by atoms with Crippen LogP contribution >= 0.6 is 0 Å². The zero-order valence-corrected chi connectivity index (χ0v) is 33.9. The van der Waals surface area contributed by atoms with Crippen LogP contribution in [-0.4, -0.2) is 0 Å². The second kappa shape index (κ2) is 13.7. The van der Waals surface area contributed by atoms with E-state index in [9.17, 15) is 0 Å². The maximum Gasteiger partial charge on any atom is -0.00261 e. The molecule has 0 bridgehead atoms. The van der Waals surface area contributed by atoms with E-state index in [1.165, 1.54) is 131 Å². The number of rotatable bonds is 4. The van der Waals surface area contributed by atoms with Crippen LogP contribution in [0.3, 0.4) is 0 Å². The molecule has 13 rings (SSSR count). The van der Waals surface area contributed by atoms with Gasteiger partial charge >= 0.3 is 0 Å². The smallest absolute Gasteiger partial charge is 0.00261 e. The number of hydrogen-bond donors (Lipinski definition) is 0. The van der Waals surface area contributed by atoms with Gasteiger partial charge in [-0.2, -0.15) is 0 Å². The maximum absolute atomic E-state index is 2.44. The van der Waals surface area contributed by atoms with Crippen molar-refractivity contribution in [2.75, 3.05) is 0 Å². The minimum Gasteiger partial charge on any atom is -0.0616 e. The predicted octanol–water partition coefficient (Wildman–Crippen LogP) is 17.6. The van der Waals surface area contributed by atoms with Crippen LogP contribution in [0.5, 0.6) is 0 Å². The Kier molecular flexibility index (Phi) is 7.71. The molecule has 0 heteroatoms. The fourth-order valence-corrected chi connectivity index (χ4v) is 10.5. The lowest BCUT2D eigenvalue weighted by Gasteiger charge is -2.19. The van der Waals surface area contributed by atoms with E-state index in [2.05, 4.69) is 231 Å². The molecule has 0 amide bonds. The minimum atomic E-state index is 1.21. The molecule has 0 atom stereocenters. The van der Waals surface area contributed by atoms with Crippen molar-refractivity contribution in [3.8, 4) is 44.5 Å². The first-order valence-electron chi connectivity index (χ1n) is 21.6. The molecule has 0 aliphatic carbocycles. The third-order valence-electron chi connectivity index (χ3n) is 13.4. The van der Waals surface area contributed by atoms with Crippen LogP contribution in [0.2, 0.25) is 0 Å². The van der Waals surface area contributed by atoms with E-state index in [4.69, 9.17) is 0 Å². The molecule has 286 valence electrons. The summed E-state index contributed by atoms with van der Waals surface area (Å²) in [5.41, 5.74) is 9.93. The molecule has 0 spiro atoms. The SMILES string of the molecule is c1ccc2c(c1)cc(-c1ccc(-c3ccc4ccc(-c5c6ccccc6c(-c6ccc7c8ccccc8c8ccccc8c7c6)c6ccccc56)cc4c3)cc1)c1ccccc12. The summed E-state index contributed by atoms with van der Waals surface area (Å²) in [6.07, 6.45) is 0. The molecule has 13 aromatic rings. The molecule has 0 fully saturated rings. The molecule has 0 nitrogen and oxygen atoms in total. The van der Waals surface area contributed by atoms with Gasteiger partial charge in [-0.25, -0.2) is 0 Å². The third kappa shape index (κ3) is 5.34. The van der Waals surface area contributed by atoms with Crippen LogP contribution in [-0.2, 0) is 0 Å². The highest BCUT2D eigenvalue weighted by Gasteiger charge is 2.18. The van der Waals surface area contributed by atoms with Crippen LogP contribution in [0.4, 0.5) is 0 Å². The molecule has 0 N–H and O–H groups in total. The first kappa shape index (κ1) is 34.8. The molecule has 0 saturated carbocycles. The van der Waals surface area contributed by atoms with Crippen molar-refractivity contribution >= 4 is 86.2 Å². The Balaban J connectivity index is 0.944. The predicted molar refractivity (Wildman–Crippen MR) is 268 cm³/mol. The van der Waals surface area contributed by atoms with Crippen LogP contribution in [0.25, 0.3) is 131 Å². The fraction of sp³-hybridized carbons (Fsp3) is 0. The van der Waals surface area contributed by atoms with Crippen molar-refractivity contribution in [3.63, 3.8) is 0 Å². The molecule has 0 aromatic heterocycles. The molecule has 0 unspecified atom stereocenters. The van der Waals surface area contributed by atoms with Crippen molar-refractivity contribution in [3.05, 3.63) is 231 Å². The van der Waals surface area contributed by atoms with Crippen LogP contribution in [0, 0.1) is 0 Å². The lowest BCUT2D eigenvalue weighted by Crippen LogP contribution is -1.91. The Morgan fingerprint density at radius 1 is 0.161 bits per heavy atom. The van der Waals surface area contributed by atoms with E-state index in [-0.39, 0.29) is 0 Å². The van der Waals surface area contributed by atoms with Crippen molar-refractivity contribution in [1.82, 2.24) is 0 Å². The Morgan fingerprint density at radius 3 is 1.11 bits per heavy atom. The number of benzene rings is 13. The van der Waals surface area contributed by atoms with Gasteiger partial charge < -0.3 is 0 Å². The van der Waals surface area contributed by atoms with Crippen LogP contribution in [0.1, 0.15) is 0 Å². The summed E-state index contributed by atoms with van der Waals surface area (Å²) in [4.78, 5) is 0. The largest absolute Gasteiger partial charge is 0.0616 e. The monoisotopic (exact) mass is 782 g/mol. The van der Waals surface area contributed by atoms with Gasteiger partial charge in [0, 0.05) is 0 Å². The molecule has 13 aromatic carbocycles. The van der Waals surface area contributed by atoms with Crippen molar-refractivity contribution in [1.29, 1.82) is 0 Å². The number of hydrogen-bond acceptors (Lipinski definition) is 0. The summed E-state index contributed by atoms with van der Waals surface area (Å²) in [5.74, 6) is 0. The lowest BCUT2D eigenvalue weighted by molar-refractivity contribution is 1.62. The molecule has 0 heterocycles. The summed E-state index contributed by atoms with van der Waals surface area (Å²) in [7, 11) is 0. The van der Waals surface area contributed by atoms with Crippen molar-refractivity contribution < 1.29 is 0 Å². The van der Waals surface area contributed by atoms with Gasteiger partial charge in [0.05, 0.1) is 0 Å². The zero-order chi connectivity index (χ0) is 40.7. The van der Waals surface area contributed by atoms with Gasteiger partial charge in [-0.15, -0.1) is 0 Å². The zero-order valence-electron chi connectivity index (χ0n) is 33.9. The standard InChI is InChI=1S/C62H38/c1-2-14-47-43(13-1)37-59(52-19-7-3-15-48(47)52)41-29-25-39(26-30-41)42-31-27-40-28-32-44(36-46(40)35-42)61-55-21-9-11-23-57(55)62(58-24-12-10-22-56(58)61)45-33-34-54-51-18-5-4-16-49(51)50-17-6-8-20-53(50)60(54)38-45/h1-38H. The summed E-state index contributed by atoms with van der Waals surface area (Å²) >= 11 is 0.